The first-order valence-electron chi connectivity index (χ1n) is 5.83. The lowest BCUT2D eigenvalue weighted by molar-refractivity contribution is 0.0514. The van der Waals surface area contributed by atoms with E-state index in [1.165, 1.54) is 0 Å². The number of benzene rings is 1. The van der Waals surface area contributed by atoms with Crippen molar-refractivity contribution in [3.05, 3.63) is 35.4 Å². The van der Waals surface area contributed by atoms with E-state index >= 15 is 0 Å². The second kappa shape index (κ2) is 4.66. The van der Waals surface area contributed by atoms with Crippen LogP contribution in [0, 0.1) is 5.92 Å². The highest BCUT2D eigenvalue weighted by atomic mass is 16.2. The van der Waals surface area contributed by atoms with Crippen molar-refractivity contribution in [3.8, 4) is 0 Å². The summed E-state index contributed by atoms with van der Waals surface area (Å²) in [6.45, 7) is 4.38. The van der Waals surface area contributed by atoms with Gasteiger partial charge in [-0.15, -0.1) is 0 Å². The summed E-state index contributed by atoms with van der Waals surface area (Å²) in [5.74, 6) is 0.653. The lowest BCUT2D eigenvalue weighted by atomic mass is 9.97. The fourth-order valence-electron chi connectivity index (χ4n) is 2.09. The Morgan fingerprint density at radius 2 is 2.12 bits per heavy atom. The van der Waals surface area contributed by atoms with E-state index in [1.807, 2.05) is 29.2 Å². The molecule has 16 heavy (non-hydrogen) atoms. The highest BCUT2D eigenvalue weighted by molar-refractivity contribution is 5.96. The third-order valence-electron chi connectivity index (χ3n) is 3.21. The van der Waals surface area contributed by atoms with Gasteiger partial charge in [-0.3, -0.25) is 4.79 Å². The van der Waals surface area contributed by atoms with Gasteiger partial charge in [0.15, 0.2) is 0 Å². The summed E-state index contributed by atoms with van der Waals surface area (Å²) >= 11 is 0. The van der Waals surface area contributed by atoms with Gasteiger partial charge in [0.1, 0.15) is 0 Å². The van der Waals surface area contributed by atoms with Gasteiger partial charge in [0, 0.05) is 24.6 Å². The van der Waals surface area contributed by atoms with Crippen LogP contribution in [0.25, 0.3) is 0 Å². The largest absolute Gasteiger partial charge is 0.338 e. The first-order chi connectivity index (χ1) is 7.76. The predicted molar refractivity (Wildman–Crippen MR) is 64.3 cm³/mol. The van der Waals surface area contributed by atoms with Gasteiger partial charge in [0.2, 0.25) is 0 Å². The van der Waals surface area contributed by atoms with Gasteiger partial charge < -0.3 is 10.6 Å². The lowest BCUT2D eigenvalue weighted by Crippen LogP contribution is -2.52. The van der Waals surface area contributed by atoms with Crippen molar-refractivity contribution in [3.63, 3.8) is 0 Å². The topological polar surface area (TPSA) is 46.3 Å². The molecule has 1 heterocycles. The number of aryl methyl sites for hydroxylation is 1. The predicted octanol–water partition coefficient (Wildman–Crippen LogP) is 1.28. The Kier molecular flexibility index (Phi) is 3.25. The quantitative estimate of drug-likeness (QED) is 0.830. The van der Waals surface area contributed by atoms with Gasteiger partial charge in [-0.05, 0) is 24.6 Å². The number of carbonyl (C=O) groups is 1. The number of hydrogen-bond acceptors (Lipinski definition) is 2. The van der Waals surface area contributed by atoms with Crippen molar-refractivity contribution in [1.29, 1.82) is 0 Å². The van der Waals surface area contributed by atoms with Crippen LogP contribution in [0.2, 0.25) is 0 Å². The van der Waals surface area contributed by atoms with E-state index in [2.05, 4.69) is 6.92 Å². The summed E-state index contributed by atoms with van der Waals surface area (Å²) in [5.41, 5.74) is 7.53. The summed E-state index contributed by atoms with van der Waals surface area (Å²) in [7, 11) is 0. The summed E-state index contributed by atoms with van der Waals surface area (Å²) in [6.07, 6.45) is 0.899. The Balaban J connectivity index is 2.10. The molecule has 2 rings (SSSR count). The van der Waals surface area contributed by atoms with E-state index in [1.54, 1.807) is 0 Å². The Labute approximate surface area is 96.2 Å². The van der Waals surface area contributed by atoms with Gasteiger partial charge >= 0.3 is 0 Å². The van der Waals surface area contributed by atoms with Crippen LogP contribution in [0.1, 0.15) is 22.8 Å². The molecule has 1 saturated heterocycles. The second-order valence-electron chi connectivity index (χ2n) is 4.32. The number of carbonyl (C=O) groups excluding carboxylic acids is 1. The van der Waals surface area contributed by atoms with Crippen LogP contribution < -0.4 is 5.73 Å². The molecule has 0 atom stereocenters. The third kappa shape index (κ3) is 1.95. The smallest absolute Gasteiger partial charge is 0.254 e. The summed E-state index contributed by atoms with van der Waals surface area (Å²) < 4.78 is 0. The number of rotatable bonds is 3. The molecule has 1 aliphatic rings. The zero-order valence-corrected chi connectivity index (χ0v) is 9.65. The second-order valence-corrected chi connectivity index (χ2v) is 4.32. The van der Waals surface area contributed by atoms with Crippen molar-refractivity contribution in [2.45, 2.75) is 13.3 Å². The van der Waals surface area contributed by atoms with E-state index in [0.29, 0.717) is 12.5 Å². The number of likely N-dealkylation sites (tertiary alicyclic amines) is 1. The van der Waals surface area contributed by atoms with E-state index < -0.39 is 0 Å². The first kappa shape index (κ1) is 11.1. The molecule has 1 fully saturated rings. The molecule has 3 heteroatoms. The molecule has 0 radical (unpaired) electrons. The Bertz CT molecular complexity index is 383. The van der Waals surface area contributed by atoms with Crippen molar-refractivity contribution >= 4 is 5.91 Å². The molecule has 86 valence electrons. The van der Waals surface area contributed by atoms with Crippen molar-refractivity contribution in [1.82, 2.24) is 4.90 Å². The van der Waals surface area contributed by atoms with Gasteiger partial charge in [-0.25, -0.2) is 0 Å². The molecule has 0 bridgehead atoms. The number of hydrogen-bond donors (Lipinski definition) is 1. The van der Waals surface area contributed by atoms with E-state index in [9.17, 15) is 4.79 Å². The van der Waals surface area contributed by atoms with Gasteiger partial charge in [0.05, 0.1) is 0 Å². The van der Waals surface area contributed by atoms with Crippen LogP contribution in [0.15, 0.2) is 24.3 Å². The van der Waals surface area contributed by atoms with Crippen LogP contribution in [0.3, 0.4) is 0 Å². The van der Waals surface area contributed by atoms with Crippen LogP contribution >= 0.6 is 0 Å². The normalized spacial score (nSPS) is 16.0. The molecule has 0 saturated carbocycles. The molecule has 0 aromatic heterocycles. The summed E-state index contributed by atoms with van der Waals surface area (Å²) in [4.78, 5) is 14.0. The number of amides is 1. The van der Waals surface area contributed by atoms with E-state index in [4.69, 9.17) is 5.73 Å². The Morgan fingerprint density at radius 1 is 1.44 bits per heavy atom. The first-order valence-corrected chi connectivity index (χ1v) is 5.83. The van der Waals surface area contributed by atoms with E-state index in [0.717, 1.165) is 30.6 Å². The lowest BCUT2D eigenvalue weighted by Gasteiger charge is -2.39. The average molecular weight is 218 g/mol. The van der Waals surface area contributed by atoms with Gasteiger partial charge in [-0.2, -0.15) is 0 Å². The average Bonchev–Trinajstić information content (AvgIpc) is 2.27. The molecule has 1 aromatic rings. The SMILES string of the molecule is CCc1ccccc1C(=O)N1CC(CN)C1. The minimum Gasteiger partial charge on any atom is -0.338 e. The third-order valence-corrected chi connectivity index (χ3v) is 3.21. The monoisotopic (exact) mass is 218 g/mol. The van der Waals surface area contributed by atoms with Crippen molar-refractivity contribution in [2.75, 3.05) is 19.6 Å². The summed E-state index contributed by atoms with van der Waals surface area (Å²) in [6, 6.07) is 7.84. The van der Waals surface area contributed by atoms with Gasteiger partial charge in [-0.1, -0.05) is 25.1 Å². The van der Waals surface area contributed by atoms with Crippen LogP contribution in [0.5, 0.6) is 0 Å². The van der Waals surface area contributed by atoms with E-state index in [-0.39, 0.29) is 5.91 Å². The summed E-state index contributed by atoms with van der Waals surface area (Å²) in [5, 5.41) is 0. The maximum absolute atomic E-state index is 12.2. The molecule has 0 unspecified atom stereocenters. The van der Waals surface area contributed by atoms with Crippen LogP contribution in [0.4, 0.5) is 0 Å². The molecular formula is C13H18N2O. The molecule has 1 aliphatic heterocycles. The maximum atomic E-state index is 12.2. The zero-order chi connectivity index (χ0) is 11.5. The maximum Gasteiger partial charge on any atom is 0.254 e. The number of nitrogens with two attached hydrogens (primary N) is 1. The fraction of sp³-hybridized carbons (Fsp3) is 0.462. The zero-order valence-electron chi connectivity index (χ0n) is 9.65. The highest BCUT2D eigenvalue weighted by Gasteiger charge is 2.30. The van der Waals surface area contributed by atoms with Gasteiger partial charge in [0.25, 0.3) is 5.91 Å². The Morgan fingerprint density at radius 3 is 2.75 bits per heavy atom. The fourth-order valence-corrected chi connectivity index (χ4v) is 2.09. The highest BCUT2D eigenvalue weighted by Crippen LogP contribution is 2.19. The molecular weight excluding hydrogens is 200 g/mol. The minimum absolute atomic E-state index is 0.155. The molecule has 1 amide bonds. The molecule has 0 aliphatic carbocycles. The Hall–Kier alpha value is -1.35. The molecule has 3 nitrogen and oxygen atoms in total. The number of nitrogens with zero attached hydrogens (tertiary/aromatic N) is 1. The van der Waals surface area contributed by atoms with Crippen LogP contribution in [-0.2, 0) is 6.42 Å². The molecule has 1 aromatic carbocycles. The van der Waals surface area contributed by atoms with Crippen LogP contribution in [-0.4, -0.2) is 30.4 Å². The molecule has 2 N–H and O–H groups in total. The minimum atomic E-state index is 0.155. The van der Waals surface area contributed by atoms with Crippen molar-refractivity contribution < 1.29 is 4.79 Å². The standard InChI is InChI=1S/C13H18N2O/c1-2-11-5-3-4-6-12(11)13(16)15-8-10(7-14)9-15/h3-6,10H,2,7-9,14H2,1H3. The molecule has 0 spiro atoms. The van der Waals surface area contributed by atoms with Crippen molar-refractivity contribution in [2.24, 2.45) is 11.7 Å².